The predicted octanol–water partition coefficient (Wildman–Crippen LogP) is 2.34. The summed E-state index contributed by atoms with van der Waals surface area (Å²) in [6.45, 7) is 5.76. The fourth-order valence-electron chi connectivity index (χ4n) is 0.993. The van der Waals surface area contributed by atoms with Crippen LogP contribution in [0, 0.1) is 0 Å². The van der Waals surface area contributed by atoms with E-state index in [1.165, 1.54) is 17.7 Å². The SMILES string of the molecule is C=CNC1=CC=C(C)CC1. The molecule has 0 aromatic carbocycles. The highest BCUT2D eigenvalue weighted by molar-refractivity contribution is 5.22. The van der Waals surface area contributed by atoms with Gasteiger partial charge in [0.1, 0.15) is 0 Å². The van der Waals surface area contributed by atoms with Gasteiger partial charge in [0.05, 0.1) is 0 Å². The van der Waals surface area contributed by atoms with Gasteiger partial charge in [-0.25, -0.2) is 0 Å². The lowest BCUT2D eigenvalue weighted by Gasteiger charge is -2.10. The molecule has 0 heterocycles. The Bertz CT molecular complexity index is 187. The first-order valence-electron chi connectivity index (χ1n) is 3.56. The number of rotatable bonds is 2. The van der Waals surface area contributed by atoms with Gasteiger partial charge in [0.25, 0.3) is 0 Å². The molecule has 0 aromatic heterocycles. The second-order valence-corrected chi connectivity index (χ2v) is 2.55. The Morgan fingerprint density at radius 3 is 2.80 bits per heavy atom. The molecule has 1 aliphatic carbocycles. The summed E-state index contributed by atoms with van der Waals surface area (Å²) in [6.07, 6.45) is 8.27. The molecule has 0 aromatic rings. The summed E-state index contributed by atoms with van der Waals surface area (Å²) >= 11 is 0. The Labute approximate surface area is 62.1 Å². The quantitative estimate of drug-likeness (QED) is 0.612. The molecular weight excluding hydrogens is 122 g/mol. The van der Waals surface area contributed by atoms with Crippen LogP contribution in [0.3, 0.4) is 0 Å². The zero-order valence-electron chi connectivity index (χ0n) is 6.35. The third-order valence-electron chi connectivity index (χ3n) is 1.65. The molecule has 0 atom stereocenters. The van der Waals surface area contributed by atoms with Crippen molar-refractivity contribution in [2.24, 2.45) is 0 Å². The van der Waals surface area contributed by atoms with Gasteiger partial charge in [0, 0.05) is 5.70 Å². The maximum absolute atomic E-state index is 3.60. The van der Waals surface area contributed by atoms with Gasteiger partial charge >= 0.3 is 0 Å². The van der Waals surface area contributed by atoms with E-state index in [1.54, 1.807) is 6.20 Å². The normalized spacial score (nSPS) is 17.3. The number of nitrogens with one attached hydrogen (secondary N) is 1. The number of allylic oxidation sites excluding steroid dienone is 4. The van der Waals surface area contributed by atoms with Crippen LogP contribution >= 0.6 is 0 Å². The van der Waals surface area contributed by atoms with Gasteiger partial charge in [-0.3, -0.25) is 0 Å². The average molecular weight is 135 g/mol. The van der Waals surface area contributed by atoms with Crippen molar-refractivity contribution in [2.75, 3.05) is 0 Å². The van der Waals surface area contributed by atoms with E-state index < -0.39 is 0 Å². The third kappa shape index (κ3) is 1.76. The van der Waals surface area contributed by atoms with E-state index in [2.05, 4.69) is 31.0 Å². The van der Waals surface area contributed by atoms with Gasteiger partial charge in [0.15, 0.2) is 0 Å². The van der Waals surface area contributed by atoms with Crippen LogP contribution in [0.1, 0.15) is 19.8 Å². The summed E-state index contributed by atoms with van der Waals surface area (Å²) in [6, 6.07) is 0. The van der Waals surface area contributed by atoms with Gasteiger partial charge in [-0.15, -0.1) is 0 Å². The zero-order valence-corrected chi connectivity index (χ0v) is 6.35. The zero-order chi connectivity index (χ0) is 7.40. The van der Waals surface area contributed by atoms with Crippen LogP contribution in [-0.2, 0) is 0 Å². The van der Waals surface area contributed by atoms with Crippen molar-refractivity contribution in [3.8, 4) is 0 Å². The van der Waals surface area contributed by atoms with Gasteiger partial charge < -0.3 is 5.32 Å². The maximum Gasteiger partial charge on any atom is 0.0149 e. The molecule has 1 rings (SSSR count). The van der Waals surface area contributed by atoms with Crippen LogP contribution in [0.2, 0.25) is 0 Å². The first-order chi connectivity index (χ1) is 4.83. The van der Waals surface area contributed by atoms with Crippen molar-refractivity contribution < 1.29 is 0 Å². The van der Waals surface area contributed by atoms with Crippen LogP contribution in [0.5, 0.6) is 0 Å². The lowest BCUT2D eigenvalue weighted by molar-refractivity contribution is 0.838. The number of hydrogen-bond acceptors (Lipinski definition) is 1. The summed E-state index contributed by atoms with van der Waals surface area (Å²) < 4.78 is 0. The van der Waals surface area contributed by atoms with Crippen LogP contribution in [0.25, 0.3) is 0 Å². The Morgan fingerprint density at radius 1 is 1.50 bits per heavy atom. The summed E-state index contributed by atoms with van der Waals surface area (Å²) in [4.78, 5) is 0. The Hall–Kier alpha value is -0.980. The van der Waals surface area contributed by atoms with Crippen LogP contribution in [0.4, 0.5) is 0 Å². The first kappa shape index (κ1) is 7.13. The summed E-state index contributed by atoms with van der Waals surface area (Å²) in [7, 11) is 0. The monoisotopic (exact) mass is 135 g/mol. The Morgan fingerprint density at radius 2 is 2.30 bits per heavy atom. The molecule has 0 fully saturated rings. The van der Waals surface area contributed by atoms with E-state index in [0.29, 0.717) is 0 Å². The summed E-state index contributed by atoms with van der Waals surface area (Å²) in [5.41, 5.74) is 2.72. The minimum absolute atomic E-state index is 1.12. The maximum atomic E-state index is 3.60. The van der Waals surface area contributed by atoms with Crippen LogP contribution in [-0.4, -0.2) is 0 Å². The van der Waals surface area contributed by atoms with E-state index >= 15 is 0 Å². The first-order valence-corrected chi connectivity index (χ1v) is 3.56. The van der Waals surface area contributed by atoms with E-state index in [1.807, 2.05) is 0 Å². The van der Waals surface area contributed by atoms with Crippen LogP contribution < -0.4 is 5.32 Å². The van der Waals surface area contributed by atoms with E-state index in [0.717, 1.165) is 6.42 Å². The van der Waals surface area contributed by atoms with E-state index in [-0.39, 0.29) is 0 Å². The minimum Gasteiger partial charge on any atom is -0.366 e. The standard InChI is InChI=1S/C9H13N/c1-3-10-9-6-4-8(2)5-7-9/h3-4,6,10H,1,5,7H2,2H3. The third-order valence-corrected chi connectivity index (χ3v) is 1.65. The van der Waals surface area contributed by atoms with Crippen molar-refractivity contribution in [1.82, 2.24) is 5.32 Å². The van der Waals surface area contributed by atoms with Gasteiger partial charge in [-0.2, -0.15) is 0 Å². The molecule has 0 bridgehead atoms. The van der Waals surface area contributed by atoms with Crippen molar-refractivity contribution >= 4 is 0 Å². The topological polar surface area (TPSA) is 12.0 Å². The lowest BCUT2D eigenvalue weighted by Crippen LogP contribution is -2.06. The van der Waals surface area contributed by atoms with Crippen LogP contribution in [0.15, 0.2) is 36.2 Å². The van der Waals surface area contributed by atoms with Crippen molar-refractivity contribution in [1.29, 1.82) is 0 Å². The lowest BCUT2D eigenvalue weighted by atomic mass is 10.0. The predicted molar refractivity (Wildman–Crippen MR) is 44.4 cm³/mol. The largest absolute Gasteiger partial charge is 0.366 e. The smallest absolute Gasteiger partial charge is 0.0149 e. The highest BCUT2D eigenvalue weighted by Gasteiger charge is 1.99. The molecule has 1 aliphatic rings. The highest BCUT2D eigenvalue weighted by atomic mass is 14.8. The molecule has 0 radical (unpaired) electrons. The van der Waals surface area contributed by atoms with E-state index in [9.17, 15) is 0 Å². The second kappa shape index (κ2) is 3.25. The van der Waals surface area contributed by atoms with Crippen molar-refractivity contribution in [3.05, 3.63) is 36.2 Å². The highest BCUT2D eigenvalue weighted by Crippen LogP contribution is 2.14. The molecule has 10 heavy (non-hydrogen) atoms. The summed E-state index contributed by atoms with van der Waals surface area (Å²) in [5, 5.41) is 3.09. The fraction of sp³-hybridized carbons (Fsp3) is 0.333. The molecule has 0 spiro atoms. The molecule has 1 nitrogen and oxygen atoms in total. The van der Waals surface area contributed by atoms with Gasteiger partial charge in [-0.05, 0) is 32.0 Å². The average Bonchev–Trinajstić information content (AvgIpc) is 1.95. The molecule has 1 heteroatoms. The molecule has 0 unspecified atom stereocenters. The van der Waals surface area contributed by atoms with Crippen molar-refractivity contribution in [2.45, 2.75) is 19.8 Å². The molecule has 0 saturated carbocycles. The Kier molecular flexibility index (Phi) is 2.32. The van der Waals surface area contributed by atoms with Gasteiger partial charge in [-0.1, -0.05) is 18.2 Å². The molecule has 0 amide bonds. The summed E-state index contributed by atoms with van der Waals surface area (Å²) in [5.74, 6) is 0. The molecular formula is C9H13N. The molecule has 1 N–H and O–H groups in total. The molecule has 54 valence electrons. The fourth-order valence-corrected chi connectivity index (χ4v) is 0.993. The van der Waals surface area contributed by atoms with E-state index in [4.69, 9.17) is 0 Å². The Balaban J connectivity index is 2.55. The minimum atomic E-state index is 1.12. The second-order valence-electron chi connectivity index (χ2n) is 2.55. The molecule has 0 aliphatic heterocycles. The molecule has 0 saturated heterocycles. The van der Waals surface area contributed by atoms with Crippen molar-refractivity contribution in [3.63, 3.8) is 0 Å². The van der Waals surface area contributed by atoms with Gasteiger partial charge in [0.2, 0.25) is 0 Å². The number of hydrogen-bond donors (Lipinski definition) is 1.